The van der Waals surface area contributed by atoms with Crippen LogP contribution in [-0.4, -0.2) is 16.6 Å². The van der Waals surface area contributed by atoms with Gasteiger partial charge in [-0.15, -0.1) is 0 Å². The first-order valence-corrected chi connectivity index (χ1v) is 19.2. The molecule has 0 heterocycles. The summed E-state index contributed by atoms with van der Waals surface area (Å²) in [6, 6.07) is 15.2. The summed E-state index contributed by atoms with van der Waals surface area (Å²) in [6.45, 7) is 27.2. The number of hydrogen-bond donors (Lipinski definition) is 1. The highest BCUT2D eigenvalue weighted by Gasteiger charge is 2.42. The van der Waals surface area contributed by atoms with E-state index in [1.807, 2.05) is 6.07 Å². The number of fused-ring (bicyclic) bond motifs is 4. The van der Waals surface area contributed by atoms with Crippen molar-refractivity contribution in [2.45, 2.75) is 91.7 Å². The van der Waals surface area contributed by atoms with E-state index in [0.717, 1.165) is 28.0 Å². The smallest absolute Gasteiger partial charge is 0.250 e. The Kier molecular flexibility index (Phi) is 6.53. The Hall–Kier alpha value is -2.51. The van der Waals surface area contributed by atoms with Gasteiger partial charge in [0.15, 0.2) is 5.75 Å². The number of benzene rings is 4. The zero-order valence-corrected chi connectivity index (χ0v) is 26.9. The number of anilines is 1. The summed E-state index contributed by atoms with van der Waals surface area (Å²) in [5, 5.41) is 7.24. The van der Waals surface area contributed by atoms with Crippen molar-refractivity contribution in [2.75, 3.05) is 5.73 Å². The summed E-state index contributed by atoms with van der Waals surface area (Å²) in [5.74, 6) is 1.64. The summed E-state index contributed by atoms with van der Waals surface area (Å²) in [7, 11) is -4.31. The minimum Gasteiger partial charge on any atom is -0.541 e. The van der Waals surface area contributed by atoms with Crippen molar-refractivity contribution in [3.05, 3.63) is 53.6 Å². The quantitative estimate of drug-likeness (QED) is 0.123. The van der Waals surface area contributed by atoms with Gasteiger partial charge in [0.1, 0.15) is 5.75 Å². The largest absolute Gasteiger partial charge is 0.541 e. The number of nitrogens with two attached hydrogens (primary N) is 1. The lowest BCUT2D eigenvalue weighted by molar-refractivity contribution is 0.444. The third-order valence-corrected chi connectivity index (χ3v) is 17.8. The molecule has 3 nitrogen and oxygen atoms in total. The Morgan fingerprint density at radius 1 is 0.622 bits per heavy atom. The topological polar surface area (TPSA) is 44.5 Å². The Balaban J connectivity index is 2.14. The second kappa shape index (κ2) is 8.77. The molecule has 198 valence electrons. The molecule has 0 saturated heterocycles. The van der Waals surface area contributed by atoms with E-state index in [2.05, 4.69) is 118 Å². The van der Waals surface area contributed by atoms with Crippen molar-refractivity contribution < 1.29 is 8.85 Å². The molecule has 0 radical (unpaired) electrons. The molecule has 0 aliphatic rings. The maximum Gasteiger partial charge on any atom is 0.250 e. The summed E-state index contributed by atoms with van der Waals surface area (Å²) < 4.78 is 14.0. The average Bonchev–Trinajstić information content (AvgIpc) is 2.77. The normalized spacial score (nSPS) is 13.5. The van der Waals surface area contributed by atoms with Crippen LogP contribution in [0.5, 0.6) is 11.5 Å². The van der Waals surface area contributed by atoms with Gasteiger partial charge in [0.2, 0.25) is 0 Å². The van der Waals surface area contributed by atoms with Gasteiger partial charge in [0, 0.05) is 22.5 Å². The molecule has 0 fully saturated rings. The van der Waals surface area contributed by atoms with Crippen molar-refractivity contribution in [3.8, 4) is 11.5 Å². The fourth-order valence-electron chi connectivity index (χ4n) is 4.64. The van der Waals surface area contributed by atoms with E-state index in [9.17, 15) is 0 Å². The minimum atomic E-state index is -2.17. The predicted molar refractivity (Wildman–Crippen MR) is 168 cm³/mol. The Morgan fingerprint density at radius 2 is 1.11 bits per heavy atom. The van der Waals surface area contributed by atoms with Gasteiger partial charge in [-0.05, 0) is 88.9 Å². The average molecular weight is 532 g/mol. The van der Waals surface area contributed by atoms with E-state index in [-0.39, 0.29) is 10.1 Å². The van der Waals surface area contributed by atoms with Crippen LogP contribution in [0.1, 0.15) is 52.7 Å². The molecule has 0 saturated carbocycles. The molecule has 2 N–H and O–H groups in total. The first kappa shape index (κ1) is 27.5. The third kappa shape index (κ3) is 4.55. The van der Waals surface area contributed by atoms with E-state index in [1.165, 1.54) is 32.7 Å². The summed E-state index contributed by atoms with van der Waals surface area (Å²) >= 11 is 0. The molecule has 0 bridgehead atoms. The standard InChI is InChI=1S/C32H45NO2Si2/c1-20-22-15-13-14-16-23(22)21(2)28-24(20)17-18-25-29(28)26(33)19-27(34-36(9,10)31(3,4)5)30(25)35-37(11,12)32(6,7)8/h13-19H,33H2,1-12H3. The second-order valence-corrected chi connectivity index (χ2v) is 23.2. The first-order chi connectivity index (χ1) is 16.9. The van der Waals surface area contributed by atoms with Gasteiger partial charge in [0.05, 0.1) is 0 Å². The third-order valence-electron chi connectivity index (χ3n) is 9.10. The zero-order chi connectivity index (χ0) is 27.7. The molecule has 4 aromatic rings. The monoisotopic (exact) mass is 531 g/mol. The summed E-state index contributed by atoms with van der Waals surface area (Å²) in [6.07, 6.45) is 0. The molecule has 4 rings (SSSR count). The van der Waals surface area contributed by atoms with Crippen LogP contribution in [0.4, 0.5) is 5.69 Å². The van der Waals surface area contributed by atoms with Crippen molar-refractivity contribution in [2.24, 2.45) is 0 Å². The number of rotatable bonds is 4. The van der Waals surface area contributed by atoms with Crippen LogP contribution in [0, 0.1) is 13.8 Å². The zero-order valence-electron chi connectivity index (χ0n) is 24.9. The van der Waals surface area contributed by atoms with Crippen LogP contribution < -0.4 is 14.6 Å². The van der Waals surface area contributed by atoms with Gasteiger partial charge < -0.3 is 14.6 Å². The maximum absolute atomic E-state index is 7.11. The molecule has 0 spiro atoms. The number of nitrogen functional groups attached to an aromatic ring is 1. The van der Waals surface area contributed by atoms with Crippen molar-refractivity contribution in [3.63, 3.8) is 0 Å². The lowest BCUT2D eigenvalue weighted by Crippen LogP contribution is -2.45. The molecule has 0 unspecified atom stereocenters. The van der Waals surface area contributed by atoms with Gasteiger partial charge in [-0.1, -0.05) is 71.9 Å². The van der Waals surface area contributed by atoms with Gasteiger partial charge in [-0.3, -0.25) is 0 Å². The molecule has 37 heavy (non-hydrogen) atoms. The van der Waals surface area contributed by atoms with Crippen LogP contribution in [-0.2, 0) is 0 Å². The predicted octanol–water partition coefficient (Wildman–Crippen LogP) is 10.1. The molecule has 0 aromatic heterocycles. The van der Waals surface area contributed by atoms with Crippen LogP contribution >= 0.6 is 0 Å². The highest BCUT2D eigenvalue weighted by molar-refractivity contribution is 6.75. The van der Waals surface area contributed by atoms with E-state index in [1.54, 1.807) is 0 Å². The fourth-order valence-corrected chi connectivity index (χ4v) is 6.67. The maximum atomic E-state index is 7.11. The van der Waals surface area contributed by atoms with Crippen molar-refractivity contribution in [1.29, 1.82) is 0 Å². The van der Waals surface area contributed by atoms with Crippen LogP contribution in [0.2, 0.25) is 36.3 Å². The number of aryl methyl sites for hydroxylation is 2. The van der Waals surface area contributed by atoms with Crippen LogP contribution in [0.3, 0.4) is 0 Å². The molecular formula is C32H45NO2Si2. The van der Waals surface area contributed by atoms with Gasteiger partial charge in [0.25, 0.3) is 16.6 Å². The van der Waals surface area contributed by atoms with E-state index in [4.69, 9.17) is 14.6 Å². The molecule has 4 aromatic carbocycles. The van der Waals surface area contributed by atoms with Gasteiger partial charge in [-0.2, -0.15) is 0 Å². The molecular weight excluding hydrogens is 487 g/mol. The molecule has 0 aliphatic carbocycles. The van der Waals surface area contributed by atoms with E-state index in [0.29, 0.717) is 0 Å². The van der Waals surface area contributed by atoms with E-state index < -0.39 is 16.6 Å². The van der Waals surface area contributed by atoms with Crippen LogP contribution in [0.15, 0.2) is 42.5 Å². The lowest BCUT2D eigenvalue weighted by atomic mass is 9.89. The molecule has 5 heteroatoms. The van der Waals surface area contributed by atoms with Crippen LogP contribution in [0.25, 0.3) is 32.3 Å². The minimum absolute atomic E-state index is 0.0501. The fraction of sp³-hybridized carbons (Fsp3) is 0.438. The Labute approximate surface area is 225 Å². The second-order valence-electron chi connectivity index (χ2n) is 13.7. The summed E-state index contributed by atoms with van der Waals surface area (Å²) in [4.78, 5) is 0. The molecule has 0 amide bonds. The van der Waals surface area contributed by atoms with E-state index >= 15 is 0 Å². The Morgan fingerprint density at radius 3 is 1.65 bits per heavy atom. The molecule has 0 atom stereocenters. The molecule has 0 aliphatic heterocycles. The lowest BCUT2D eigenvalue weighted by Gasteiger charge is -2.40. The van der Waals surface area contributed by atoms with Gasteiger partial charge in [-0.25, -0.2) is 0 Å². The number of hydrogen-bond acceptors (Lipinski definition) is 3. The summed E-state index contributed by atoms with van der Waals surface area (Å²) in [5.41, 5.74) is 10.2. The SMILES string of the molecule is Cc1c2ccccc2c(C)c2c1ccc1c(O[Si](C)(C)C(C)(C)C)c(O[Si](C)(C)C(C)(C)C)cc(N)c12. The van der Waals surface area contributed by atoms with Gasteiger partial charge >= 0.3 is 0 Å². The first-order valence-electron chi connectivity index (χ1n) is 13.4. The highest BCUT2D eigenvalue weighted by atomic mass is 28.4. The Bertz CT molecular complexity index is 1520. The highest BCUT2D eigenvalue weighted by Crippen LogP contribution is 2.50. The van der Waals surface area contributed by atoms with Crippen molar-refractivity contribution >= 4 is 54.6 Å². The van der Waals surface area contributed by atoms with Crippen molar-refractivity contribution in [1.82, 2.24) is 0 Å².